The Balaban J connectivity index is 0.000000148. The first kappa shape index (κ1) is 8.88. The minimum atomic E-state index is 0.0972. The molecule has 0 bridgehead atoms. The average Bonchev–Trinajstić information content (AvgIpc) is 2.43. The third kappa shape index (κ3) is 7.88. The smallest absolute Gasteiger partial charge is 0.0553 e. The molecule has 0 unspecified atom stereocenters. The van der Waals surface area contributed by atoms with E-state index in [1.807, 2.05) is 0 Å². The molecule has 0 radical (unpaired) electrons. The molecule has 0 saturated carbocycles. The summed E-state index contributed by atoms with van der Waals surface area (Å²) in [5, 5.41) is 11.0. The Morgan fingerprint density at radius 1 is 1.33 bits per heavy atom. The van der Waals surface area contributed by atoms with E-state index in [9.17, 15) is 0 Å². The molecule has 0 aliphatic carbocycles. The lowest BCUT2D eigenvalue weighted by Crippen LogP contribution is -2.03. The summed E-state index contributed by atoms with van der Waals surface area (Å²) in [5.41, 5.74) is 4.78. The Hall–Kier alpha value is -0.120. The Morgan fingerprint density at radius 2 is 1.78 bits per heavy atom. The van der Waals surface area contributed by atoms with Crippen molar-refractivity contribution in [2.75, 3.05) is 26.2 Å². The van der Waals surface area contributed by atoms with Gasteiger partial charge in [0.2, 0.25) is 0 Å². The highest BCUT2D eigenvalue weighted by atomic mass is 16.3. The van der Waals surface area contributed by atoms with Crippen molar-refractivity contribution in [1.29, 1.82) is 0 Å². The van der Waals surface area contributed by atoms with E-state index >= 15 is 0 Å². The van der Waals surface area contributed by atoms with E-state index in [1.165, 1.54) is 25.9 Å². The van der Waals surface area contributed by atoms with Crippen molar-refractivity contribution < 1.29 is 5.11 Å². The van der Waals surface area contributed by atoms with E-state index in [-0.39, 0.29) is 6.61 Å². The predicted molar refractivity (Wildman–Crippen MR) is 38.2 cm³/mol. The van der Waals surface area contributed by atoms with Crippen LogP contribution in [0.1, 0.15) is 12.8 Å². The fourth-order valence-electron chi connectivity index (χ4n) is 0.625. The second-order valence-corrected chi connectivity index (χ2v) is 1.97. The summed E-state index contributed by atoms with van der Waals surface area (Å²) < 4.78 is 0. The van der Waals surface area contributed by atoms with Gasteiger partial charge in [-0.1, -0.05) is 0 Å². The maximum Gasteiger partial charge on any atom is 0.0553 e. The van der Waals surface area contributed by atoms with Crippen LogP contribution in [0.15, 0.2) is 0 Å². The highest BCUT2D eigenvalue weighted by molar-refractivity contribution is 4.55. The van der Waals surface area contributed by atoms with Gasteiger partial charge in [0.25, 0.3) is 0 Å². The quantitative estimate of drug-likeness (QED) is 0.442. The summed E-state index contributed by atoms with van der Waals surface area (Å²) in [5.74, 6) is 0. The number of hydrogen-bond acceptors (Lipinski definition) is 3. The molecule has 1 rings (SSSR count). The zero-order chi connectivity index (χ0) is 6.95. The lowest BCUT2D eigenvalue weighted by molar-refractivity contribution is 0.306. The monoisotopic (exact) mass is 132 g/mol. The number of aliphatic hydroxyl groups excluding tert-OH is 1. The molecule has 0 spiro atoms. The van der Waals surface area contributed by atoms with Gasteiger partial charge in [0, 0.05) is 6.54 Å². The maximum absolute atomic E-state index is 7.75. The van der Waals surface area contributed by atoms with Gasteiger partial charge in [0.1, 0.15) is 0 Å². The van der Waals surface area contributed by atoms with Crippen molar-refractivity contribution in [3.8, 4) is 0 Å². The Morgan fingerprint density at radius 3 is 1.89 bits per heavy atom. The zero-order valence-electron chi connectivity index (χ0n) is 5.77. The van der Waals surface area contributed by atoms with Crippen LogP contribution >= 0.6 is 0 Å². The third-order valence-corrected chi connectivity index (χ3v) is 1.09. The number of rotatable bonds is 1. The predicted octanol–water partition coefficient (Wildman–Crippen LogP) is -0.693. The largest absolute Gasteiger partial charge is 0.395 e. The minimum Gasteiger partial charge on any atom is -0.395 e. The topological polar surface area (TPSA) is 58.3 Å². The van der Waals surface area contributed by atoms with Crippen LogP contribution < -0.4 is 11.1 Å². The molecule has 1 aliphatic heterocycles. The molecule has 56 valence electrons. The summed E-state index contributed by atoms with van der Waals surface area (Å²) in [7, 11) is 0. The number of aliphatic hydroxyl groups is 1. The first-order valence-electron chi connectivity index (χ1n) is 3.43. The molecule has 3 heteroatoms. The molecule has 0 atom stereocenters. The fraction of sp³-hybridized carbons (Fsp3) is 1.00. The van der Waals surface area contributed by atoms with Gasteiger partial charge < -0.3 is 16.2 Å². The first-order valence-corrected chi connectivity index (χ1v) is 3.43. The van der Waals surface area contributed by atoms with Crippen molar-refractivity contribution in [3.63, 3.8) is 0 Å². The van der Waals surface area contributed by atoms with E-state index < -0.39 is 0 Å². The summed E-state index contributed by atoms with van der Waals surface area (Å²) in [6.45, 7) is 2.97. The minimum absolute atomic E-state index is 0.0972. The van der Waals surface area contributed by atoms with Crippen LogP contribution in [0.25, 0.3) is 0 Å². The highest BCUT2D eigenvalue weighted by Gasteiger charge is 1.93. The molecule has 9 heavy (non-hydrogen) atoms. The highest BCUT2D eigenvalue weighted by Crippen LogP contribution is 1.90. The van der Waals surface area contributed by atoms with Crippen molar-refractivity contribution >= 4 is 0 Å². The van der Waals surface area contributed by atoms with Crippen LogP contribution in [0.4, 0.5) is 0 Å². The summed E-state index contributed by atoms with van der Waals surface area (Å²) >= 11 is 0. The van der Waals surface area contributed by atoms with Gasteiger partial charge in [-0.25, -0.2) is 0 Å². The molecular formula is C6H16N2O. The molecule has 0 amide bonds. The Bertz CT molecular complexity index is 36.7. The molecular weight excluding hydrogens is 116 g/mol. The average molecular weight is 132 g/mol. The Kier molecular flexibility index (Phi) is 7.77. The fourth-order valence-corrected chi connectivity index (χ4v) is 0.625. The van der Waals surface area contributed by atoms with Gasteiger partial charge >= 0.3 is 0 Å². The van der Waals surface area contributed by atoms with Gasteiger partial charge in [-0.05, 0) is 25.9 Å². The lowest BCUT2D eigenvalue weighted by atomic mass is 10.4. The van der Waals surface area contributed by atoms with Crippen LogP contribution in [-0.2, 0) is 0 Å². The lowest BCUT2D eigenvalue weighted by Gasteiger charge is -1.76. The summed E-state index contributed by atoms with van der Waals surface area (Å²) in [6, 6.07) is 0. The van der Waals surface area contributed by atoms with Crippen LogP contribution in [-0.4, -0.2) is 31.3 Å². The van der Waals surface area contributed by atoms with E-state index in [4.69, 9.17) is 10.8 Å². The first-order chi connectivity index (χ1) is 4.41. The molecule has 0 aromatic heterocycles. The SMILES string of the molecule is C1CCNC1.NCCO. The number of hydrogen-bond donors (Lipinski definition) is 3. The molecule has 1 aliphatic rings. The van der Waals surface area contributed by atoms with Crippen LogP contribution in [0.5, 0.6) is 0 Å². The van der Waals surface area contributed by atoms with Crippen LogP contribution in [0.2, 0.25) is 0 Å². The van der Waals surface area contributed by atoms with Crippen LogP contribution in [0, 0.1) is 0 Å². The van der Waals surface area contributed by atoms with Gasteiger partial charge in [0.15, 0.2) is 0 Å². The van der Waals surface area contributed by atoms with Gasteiger partial charge in [0.05, 0.1) is 6.61 Å². The normalized spacial score (nSPS) is 16.7. The van der Waals surface area contributed by atoms with Crippen molar-refractivity contribution in [2.45, 2.75) is 12.8 Å². The maximum atomic E-state index is 7.75. The molecule has 3 nitrogen and oxygen atoms in total. The van der Waals surface area contributed by atoms with Crippen LogP contribution in [0.3, 0.4) is 0 Å². The molecule has 0 aromatic carbocycles. The van der Waals surface area contributed by atoms with Gasteiger partial charge in [-0.3, -0.25) is 0 Å². The van der Waals surface area contributed by atoms with E-state index in [1.54, 1.807) is 0 Å². The Labute approximate surface area is 56.2 Å². The summed E-state index contributed by atoms with van der Waals surface area (Å²) in [6.07, 6.45) is 2.78. The van der Waals surface area contributed by atoms with Crippen molar-refractivity contribution in [2.24, 2.45) is 5.73 Å². The molecule has 0 aromatic rings. The molecule has 1 saturated heterocycles. The third-order valence-electron chi connectivity index (χ3n) is 1.09. The van der Waals surface area contributed by atoms with E-state index in [0.29, 0.717) is 6.54 Å². The second-order valence-electron chi connectivity index (χ2n) is 1.97. The summed E-state index contributed by atoms with van der Waals surface area (Å²) in [4.78, 5) is 0. The molecule has 1 heterocycles. The number of nitrogens with one attached hydrogen (secondary N) is 1. The number of nitrogens with two attached hydrogens (primary N) is 1. The van der Waals surface area contributed by atoms with Gasteiger partial charge in [-0.15, -0.1) is 0 Å². The second kappa shape index (κ2) is 7.88. The zero-order valence-corrected chi connectivity index (χ0v) is 5.77. The van der Waals surface area contributed by atoms with E-state index in [0.717, 1.165) is 0 Å². The molecule has 4 N–H and O–H groups in total. The van der Waals surface area contributed by atoms with Crippen molar-refractivity contribution in [1.82, 2.24) is 5.32 Å². The van der Waals surface area contributed by atoms with Gasteiger partial charge in [-0.2, -0.15) is 0 Å². The van der Waals surface area contributed by atoms with Crippen molar-refractivity contribution in [3.05, 3.63) is 0 Å². The standard InChI is InChI=1S/C4H9N.C2H7NO/c1-2-4-5-3-1;3-1-2-4/h5H,1-4H2;4H,1-3H2. The molecule has 1 fully saturated rings. The van der Waals surface area contributed by atoms with E-state index in [2.05, 4.69) is 5.32 Å².